The predicted octanol–water partition coefficient (Wildman–Crippen LogP) is -0.238. The van der Waals surface area contributed by atoms with Crippen molar-refractivity contribution in [1.29, 1.82) is 0 Å². The number of amides is 1. The Morgan fingerprint density at radius 3 is 3.00 bits per heavy atom. The van der Waals surface area contributed by atoms with Crippen molar-refractivity contribution in [2.45, 2.75) is 19.1 Å². The summed E-state index contributed by atoms with van der Waals surface area (Å²) in [6.07, 6.45) is 3.54. The molecule has 0 saturated carbocycles. The first-order valence-electron chi connectivity index (χ1n) is 9.07. The summed E-state index contributed by atoms with van der Waals surface area (Å²) in [4.78, 5) is 30.6. The number of pyridine rings is 1. The van der Waals surface area contributed by atoms with Gasteiger partial charge < -0.3 is 15.5 Å². The molecular formula is C18H21N7O. The fourth-order valence-electron chi connectivity index (χ4n) is 4.01. The van der Waals surface area contributed by atoms with Gasteiger partial charge in [0, 0.05) is 69.3 Å². The van der Waals surface area contributed by atoms with Crippen molar-refractivity contribution in [2.75, 3.05) is 37.6 Å². The largest absolute Gasteiger partial charge is 0.353 e. The van der Waals surface area contributed by atoms with Gasteiger partial charge in [0.25, 0.3) is 0 Å². The molecule has 5 heterocycles. The van der Waals surface area contributed by atoms with Crippen LogP contribution in [0.2, 0.25) is 0 Å². The van der Waals surface area contributed by atoms with Crippen LogP contribution in [0.25, 0.3) is 11.4 Å². The highest BCUT2D eigenvalue weighted by Crippen LogP contribution is 2.29. The molecule has 0 spiro atoms. The molecule has 2 saturated heterocycles. The zero-order valence-corrected chi connectivity index (χ0v) is 14.5. The summed E-state index contributed by atoms with van der Waals surface area (Å²) in [6, 6.07) is 3.78. The zero-order chi connectivity index (χ0) is 17.5. The second-order valence-electron chi connectivity index (χ2n) is 6.93. The Kier molecular flexibility index (Phi) is 3.79. The number of nitrogens with zero attached hydrogens (tertiary/aromatic N) is 5. The van der Waals surface area contributed by atoms with Gasteiger partial charge in [-0.2, -0.15) is 0 Å². The summed E-state index contributed by atoms with van der Waals surface area (Å²) in [6.45, 7) is 5.62. The number of aromatic nitrogens is 3. The van der Waals surface area contributed by atoms with E-state index in [2.05, 4.69) is 25.4 Å². The smallest absolute Gasteiger partial charge is 0.239 e. The fraction of sp³-hybridized carbons (Fsp3) is 0.444. The Bertz CT molecular complexity index is 841. The van der Waals surface area contributed by atoms with Crippen molar-refractivity contribution in [3.8, 4) is 11.4 Å². The Labute approximate surface area is 151 Å². The van der Waals surface area contributed by atoms with Crippen LogP contribution < -0.4 is 15.5 Å². The van der Waals surface area contributed by atoms with Crippen molar-refractivity contribution in [1.82, 2.24) is 30.5 Å². The molecule has 1 amide bonds. The van der Waals surface area contributed by atoms with E-state index in [0.717, 1.165) is 61.9 Å². The molecule has 1 atom stereocenters. The quantitative estimate of drug-likeness (QED) is 0.772. The molecule has 0 aliphatic carbocycles. The first-order valence-corrected chi connectivity index (χ1v) is 9.07. The van der Waals surface area contributed by atoms with E-state index in [1.54, 1.807) is 12.4 Å². The standard InChI is InChI=1S/C18H21N7O/c26-18-15-11-25(7-6-24(15)5-4-21-18)17-13-9-20-10-14(13)22-16(23-17)12-2-1-3-19-8-12/h1-3,8,15,20H,4-7,9-11H2,(H,21,26)/t15-/m0/s1. The van der Waals surface area contributed by atoms with Gasteiger partial charge in [0.1, 0.15) is 11.9 Å². The molecule has 0 bridgehead atoms. The molecule has 0 aromatic carbocycles. The van der Waals surface area contributed by atoms with Crippen molar-refractivity contribution in [2.24, 2.45) is 0 Å². The highest BCUT2D eigenvalue weighted by atomic mass is 16.2. The van der Waals surface area contributed by atoms with E-state index in [1.165, 1.54) is 0 Å². The minimum atomic E-state index is -0.0979. The molecule has 8 nitrogen and oxygen atoms in total. The summed E-state index contributed by atoms with van der Waals surface area (Å²) < 4.78 is 0. The maximum absolute atomic E-state index is 12.3. The molecule has 26 heavy (non-hydrogen) atoms. The summed E-state index contributed by atoms with van der Waals surface area (Å²) in [5.41, 5.74) is 3.11. The highest BCUT2D eigenvalue weighted by Gasteiger charge is 2.36. The second kappa shape index (κ2) is 6.30. The zero-order valence-electron chi connectivity index (χ0n) is 14.5. The van der Waals surface area contributed by atoms with Gasteiger partial charge in [-0.3, -0.25) is 14.7 Å². The van der Waals surface area contributed by atoms with E-state index in [1.807, 2.05) is 12.1 Å². The molecule has 8 heteroatoms. The topological polar surface area (TPSA) is 86.3 Å². The second-order valence-corrected chi connectivity index (χ2v) is 6.93. The lowest BCUT2D eigenvalue weighted by Crippen LogP contribution is -2.64. The molecule has 5 rings (SSSR count). The van der Waals surface area contributed by atoms with Crippen LogP contribution in [0.5, 0.6) is 0 Å². The molecule has 2 aromatic rings. The minimum absolute atomic E-state index is 0.0979. The molecule has 0 unspecified atom stereocenters. The van der Waals surface area contributed by atoms with Gasteiger partial charge in [-0.25, -0.2) is 9.97 Å². The Morgan fingerprint density at radius 2 is 2.12 bits per heavy atom. The van der Waals surface area contributed by atoms with E-state index in [0.29, 0.717) is 12.4 Å². The number of hydrogen-bond acceptors (Lipinski definition) is 7. The molecule has 2 N–H and O–H groups in total. The number of fused-ring (bicyclic) bond motifs is 2. The van der Waals surface area contributed by atoms with Crippen molar-refractivity contribution in [3.63, 3.8) is 0 Å². The van der Waals surface area contributed by atoms with Gasteiger partial charge in [-0.15, -0.1) is 0 Å². The maximum Gasteiger partial charge on any atom is 0.239 e. The van der Waals surface area contributed by atoms with Crippen LogP contribution in [-0.4, -0.2) is 64.5 Å². The predicted molar refractivity (Wildman–Crippen MR) is 96.4 cm³/mol. The molecular weight excluding hydrogens is 330 g/mol. The van der Waals surface area contributed by atoms with Crippen molar-refractivity contribution in [3.05, 3.63) is 35.8 Å². The molecule has 134 valence electrons. The van der Waals surface area contributed by atoms with E-state index in [-0.39, 0.29) is 11.9 Å². The average molecular weight is 351 g/mol. The number of carbonyl (C=O) groups is 1. The SMILES string of the molecule is O=C1NCCN2CCN(c3nc(-c4cccnc4)nc4c3CNC4)C[C@@H]12. The van der Waals surface area contributed by atoms with Gasteiger partial charge in [-0.1, -0.05) is 0 Å². The van der Waals surface area contributed by atoms with Gasteiger partial charge in [0.2, 0.25) is 5.91 Å². The molecule has 3 aliphatic rings. The minimum Gasteiger partial charge on any atom is -0.353 e. The summed E-state index contributed by atoms with van der Waals surface area (Å²) in [5, 5.41) is 6.36. The number of piperazine rings is 2. The highest BCUT2D eigenvalue weighted by molar-refractivity contribution is 5.83. The summed E-state index contributed by atoms with van der Waals surface area (Å²) >= 11 is 0. The Hall–Kier alpha value is -2.58. The third-order valence-electron chi connectivity index (χ3n) is 5.38. The summed E-state index contributed by atoms with van der Waals surface area (Å²) in [7, 11) is 0. The van der Waals surface area contributed by atoms with Crippen LogP contribution in [0.4, 0.5) is 5.82 Å². The molecule has 3 aliphatic heterocycles. The van der Waals surface area contributed by atoms with Crippen LogP contribution in [0, 0.1) is 0 Å². The van der Waals surface area contributed by atoms with E-state index >= 15 is 0 Å². The van der Waals surface area contributed by atoms with Crippen molar-refractivity contribution >= 4 is 11.7 Å². The molecule has 2 aromatic heterocycles. The monoisotopic (exact) mass is 351 g/mol. The normalized spacial score (nSPS) is 22.7. The van der Waals surface area contributed by atoms with Crippen molar-refractivity contribution < 1.29 is 4.79 Å². The van der Waals surface area contributed by atoms with E-state index in [4.69, 9.17) is 9.97 Å². The first-order chi connectivity index (χ1) is 12.8. The number of anilines is 1. The van der Waals surface area contributed by atoms with Crippen LogP contribution >= 0.6 is 0 Å². The van der Waals surface area contributed by atoms with Crippen LogP contribution in [0.1, 0.15) is 11.3 Å². The number of carbonyl (C=O) groups excluding carboxylic acids is 1. The number of nitrogens with one attached hydrogen (secondary N) is 2. The summed E-state index contributed by atoms with van der Waals surface area (Å²) in [5.74, 6) is 1.78. The van der Waals surface area contributed by atoms with Crippen LogP contribution in [-0.2, 0) is 17.9 Å². The van der Waals surface area contributed by atoms with E-state index < -0.39 is 0 Å². The lowest BCUT2D eigenvalue weighted by Gasteiger charge is -2.43. The fourth-order valence-corrected chi connectivity index (χ4v) is 4.01. The molecule has 0 radical (unpaired) electrons. The third kappa shape index (κ3) is 2.62. The van der Waals surface area contributed by atoms with Gasteiger partial charge in [0.15, 0.2) is 5.82 Å². The Morgan fingerprint density at radius 1 is 1.15 bits per heavy atom. The lowest BCUT2D eigenvalue weighted by molar-refractivity contribution is -0.129. The first kappa shape index (κ1) is 15.7. The number of rotatable bonds is 2. The average Bonchev–Trinajstić information content (AvgIpc) is 3.17. The number of hydrogen-bond donors (Lipinski definition) is 2. The van der Waals surface area contributed by atoms with Gasteiger partial charge in [0.05, 0.1) is 5.69 Å². The van der Waals surface area contributed by atoms with E-state index in [9.17, 15) is 4.79 Å². The Balaban J connectivity index is 1.52. The third-order valence-corrected chi connectivity index (χ3v) is 5.38. The lowest BCUT2D eigenvalue weighted by atomic mass is 10.1. The molecule has 2 fully saturated rings. The van der Waals surface area contributed by atoms with Gasteiger partial charge >= 0.3 is 0 Å². The van der Waals surface area contributed by atoms with Gasteiger partial charge in [-0.05, 0) is 12.1 Å². The maximum atomic E-state index is 12.3. The van der Waals surface area contributed by atoms with Crippen LogP contribution in [0.3, 0.4) is 0 Å². The van der Waals surface area contributed by atoms with Crippen LogP contribution in [0.15, 0.2) is 24.5 Å².